The fourth-order valence-electron chi connectivity index (χ4n) is 1.89. The Hall–Kier alpha value is -2.90. The summed E-state index contributed by atoms with van der Waals surface area (Å²) < 4.78 is 7.00. The van der Waals surface area contributed by atoms with Gasteiger partial charge in [0, 0.05) is 14.1 Å². The van der Waals surface area contributed by atoms with E-state index in [0.717, 1.165) is 0 Å². The summed E-state index contributed by atoms with van der Waals surface area (Å²) in [6, 6.07) is 6.95. The van der Waals surface area contributed by atoms with Gasteiger partial charge in [-0.25, -0.2) is 9.67 Å². The van der Waals surface area contributed by atoms with Gasteiger partial charge in [-0.15, -0.1) is 5.10 Å². The molecular weight excluding hydrogens is 310 g/mol. The Morgan fingerprint density at radius 2 is 2.00 bits per heavy atom. The number of benzene rings is 1. The van der Waals surface area contributed by atoms with Gasteiger partial charge < -0.3 is 9.64 Å². The lowest BCUT2D eigenvalue weighted by atomic mass is 10.2. The minimum Gasteiger partial charge on any atom is -0.490 e. The Kier molecular flexibility index (Phi) is 5.51. The van der Waals surface area contributed by atoms with Crippen LogP contribution < -0.4 is 10.1 Å². The Morgan fingerprint density at radius 1 is 1.29 bits per heavy atom. The molecule has 24 heavy (non-hydrogen) atoms. The number of hydrogen-bond donors (Lipinski definition) is 1. The smallest absolute Gasteiger partial charge is 0.261 e. The van der Waals surface area contributed by atoms with Crippen molar-refractivity contribution < 1.29 is 14.3 Å². The Bertz CT molecular complexity index is 724. The standard InChI is InChI=1S/C16H21N5O3/c1-11(2)24-13-8-6-5-7-12(13)15(23)18-16-17-10-21(19-16)9-14(22)20(3)4/h5-8,10-11H,9H2,1-4H3,(H,18,19,23). The molecule has 2 rings (SSSR count). The number of nitrogens with zero attached hydrogens (tertiary/aromatic N) is 4. The average molecular weight is 331 g/mol. The lowest BCUT2D eigenvalue weighted by molar-refractivity contribution is -0.129. The zero-order valence-electron chi connectivity index (χ0n) is 14.2. The van der Waals surface area contributed by atoms with Crippen molar-refractivity contribution in [2.75, 3.05) is 19.4 Å². The van der Waals surface area contributed by atoms with Gasteiger partial charge in [-0.2, -0.15) is 0 Å². The van der Waals surface area contributed by atoms with E-state index >= 15 is 0 Å². The zero-order chi connectivity index (χ0) is 17.7. The summed E-state index contributed by atoms with van der Waals surface area (Å²) in [5.74, 6) is 0.134. The molecule has 0 aliphatic rings. The van der Waals surface area contributed by atoms with E-state index in [4.69, 9.17) is 4.74 Å². The molecule has 1 heterocycles. The van der Waals surface area contributed by atoms with E-state index in [-0.39, 0.29) is 30.4 Å². The molecule has 8 heteroatoms. The van der Waals surface area contributed by atoms with Crippen molar-refractivity contribution in [1.29, 1.82) is 0 Å². The molecule has 0 aliphatic carbocycles. The maximum atomic E-state index is 12.4. The quantitative estimate of drug-likeness (QED) is 0.864. The number of nitrogens with one attached hydrogen (secondary N) is 1. The number of carbonyl (C=O) groups excluding carboxylic acids is 2. The second kappa shape index (κ2) is 7.58. The Labute approximate surface area is 140 Å². The van der Waals surface area contributed by atoms with Crippen LogP contribution in [0, 0.1) is 0 Å². The number of hydrogen-bond acceptors (Lipinski definition) is 5. The minimum atomic E-state index is -0.372. The monoisotopic (exact) mass is 331 g/mol. The summed E-state index contributed by atoms with van der Waals surface area (Å²) in [7, 11) is 3.32. The van der Waals surface area contributed by atoms with Crippen LogP contribution >= 0.6 is 0 Å². The normalized spacial score (nSPS) is 10.5. The van der Waals surface area contributed by atoms with Crippen LogP contribution in [0.4, 0.5) is 5.95 Å². The summed E-state index contributed by atoms with van der Waals surface area (Å²) in [5.41, 5.74) is 0.395. The fraction of sp³-hybridized carbons (Fsp3) is 0.375. The van der Waals surface area contributed by atoms with Crippen LogP contribution in [0.3, 0.4) is 0 Å². The molecule has 0 saturated heterocycles. The molecule has 0 radical (unpaired) electrons. The highest BCUT2D eigenvalue weighted by Crippen LogP contribution is 2.20. The van der Waals surface area contributed by atoms with Crippen molar-refractivity contribution in [1.82, 2.24) is 19.7 Å². The summed E-state index contributed by atoms with van der Waals surface area (Å²) in [4.78, 5) is 29.5. The number of likely N-dealkylation sites (N-methyl/N-ethyl adjacent to an activating group) is 1. The van der Waals surface area contributed by atoms with E-state index in [1.165, 1.54) is 15.9 Å². The second-order valence-corrected chi connectivity index (χ2v) is 5.67. The molecule has 0 atom stereocenters. The number of carbonyl (C=O) groups is 2. The van der Waals surface area contributed by atoms with Gasteiger partial charge in [-0.1, -0.05) is 12.1 Å². The molecule has 2 aromatic rings. The van der Waals surface area contributed by atoms with E-state index in [2.05, 4.69) is 15.4 Å². The Morgan fingerprint density at radius 3 is 2.67 bits per heavy atom. The lowest BCUT2D eigenvalue weighted by Gasteiger charge is -2.13. The SMILES string of the molecule is CC(C)Oc1ccccc1C(=O)Nc1ncn(CC(=O)N(C)C)n1. The molecule has 0 fully saturated rings. The van der Waals surface area contributed by atoms with Crippen LogP contribution in [-0.4, -0.2) is 51.7 Å². The molecular formula is C16H21N5O3. The van der Waals surface area contributed by atoms with Crippen molar-refractivity contribution in [2.24, 2.45) is 0 Å². The molecule has 1 aromatic carbocycles. The molecule has 1 N–H and O–H groups in total. The molecule has 0 spiro atoms. The zero-order valence-corrected chi connectivity index (χ0v) is 14.2. The van der Waals surface area contributed by atoms with Gasteiger partial charge >= 0.3 is 0 Å². The first kappa shape index (κ1) is 17.5. The molecule has 0 unspecified atom stereocenters. The molecule has 8 nitrogen and oxygen atoms in total. The van der Waals surface area contributed by atoms with E-state index in [0.29, 0.717) is 11.3 Å². The maximum Gasteiger partial charge on any atom is 0.261 e. The van der Waals surface area contributed by atoms with Crippen molar-refractivity contribution in [3.63, 3.8) is 0 Å². The third kappa shape index (κ3) is 4.55. The van der Waals surface area contributed by atoms with E-state index < -0.39 is 0 Å². The second-order valence-electron chi connectivity index (χ2n) is 5.67. The van der Waals surface area contributed by atoms with Gasteiger partial charge in [0.15, 0.2) is 0 Å². The van der Waals surface area contributed by atoms with Crippen molar-refractivity contribution in [3.05, 3.63) is 36.2 Å². The van der Waals surface area contributed by atoms with Crippen molar-refractivity contribution in [3.8, 4) is 5.75 Å². The molecule has 0 bridgehead atoms. The summed E-state index contributed by atoms with van der Waals surface area (Å²) >= 11 is 0. The third-order valence-electron chi connectivity index (χ3n) is 3.05. The van der Waals surface area contributed by atoms with Crippen LogP contribution in [0.2, 0.25) is 0 Å². The van der Waals surface area contributed by atoms with Crippen molar-refractivity contribution in [2.45, 2.75) is 26.5 Å². The number of rotatable bonds is 6. The molecule has 0 aliphatic heterocycles. The third-order valence-corrected chi connectivity index (χ3v) is 3.05. The summed E-state index contributed by atoms with van der Waals surface area (Å²) in [6.07, 6.45) is 1.35. The van der Waals surface area contributed by atoms with Gasteiger partial charge in [0.25, 0.3) is 5.91 Å². The first-order valence-electron chi connectivity index (χ1n) is 7.53. The van der Waals surface area contributed by atoms with Gasteiger partial charge in [0.2, 0.25) is 11.9 Å². The maximum absolute atomic E-state index is 12.4. The molecule has 1 aromatic heterocycles. The molecule has 0 saturated carbocycles. The molecule has 128 valence electrons. The van der Waals surface area contributed by atoms with E-state index in [1.807, 2.05) is 13.8 Å². The number of para-hydroxylation sites is 1. The number of ether oxygens (including phenoxy) is 1. The average Bonchev–Trinajstić information content (AvgIpc) is 2.94. The predicted octanol–water partition coefficient (Wildman–Crippen LogP) is 1.41. The van der Waals surface area contributed by atoms with Crippen LogP contribution in [0.25, 0.3) is 0 Å². The van der Waals surface area contributed by atoms with Crippen LogP contribution in [0.5, 0.6) is 5.75 Å². The molecule has 2 amide bonds. The first-order chi connectivity index (χ1) is 11.4. The van der Waals surface area contributed by atoms with Gasteiger partial charge in [-0.3, -0.25) is 14.9 Å². The predicted molar refractivity (Wildman–Crippen MR) is 88.9 cm³/mol. The fourth-order valence-corrected chi connectivity index (χ4v) is 1.89. The van der Waals surface area contributed by atoms with E-state index in [9.17, 15) is 9.59 Å². The van der Waals surface area contributed by atoms with Gasteiger partial charge in [0.1, 0.15) is 18.6 Å². The minimum absolute atomic E-state index is 0.0478. The van der Waals surface area contributed by atoms with Gasteiger partial charge in [0.05, 0.1) is 11.7 Å². The van der Waals surface area contributed by atoms with Crippen LogP contribution in [-0.2, 0) is 11.3 Å². The van der Waals surface area contributed by atoms with Crippen LogP contribution in [0.15, 0.2) is 30.6 Å². The lowest BCUT2D eigenvalue weighted by Crippen LogP contribution is -2.26. The van der Waals surface area contributed by atoms with Gasteiger partial charge in [-0.05, 0) is 26.0 Å². The highest BCUT2D eigenvalue weighted by molar-refractivity contribution is 6.05. The number of anilines is 1. The summed E-state index contributed by atoms with van der Waals surface area (Å²) in [6.45, 7) is 3.84. The number of amides is 2. The van der Waals surface area contributed by atoms with Crippen LogP contribution in [0.1, 0.15) is 24.2 Å². The number of aromatic nitrogens is 3. The first-order valence-corrected chi connectivity index (χ1v) is 7.53. The largest absolute Gasteiger partial charge is 0.490 e. The highest BCUT2D eigenvalue weighted by Gasteiger charge is 2.15. The Balaban J connectivity index is 2.08. The topological polar surface area (TPSA) is 89.3 Å². The van der Waals surface area contributed by atoms with E-state index in [1.54, 1.807) is 38.4 Å². The highest BCUT2D eigenvalue weighted by atomic mass is 16.5. The van der Waals surface area contributed by atoms with Crippen molar-refractivity contribution >= 4 is 17.8 Å². The summed E-state index contributed by atoms with van der Waals surface area (Å²) in [5, 5.41) is 6.68.